The number of amides is 2. The number of urea groups is 1. The van der Waals surface area contributed by atoms with Gasteiger partial charge in [0.25, 0.3) is 0 Å². The smallest absolute Gasteiger partial charge is 0.317 e. The van der Waals surface area contributed by atoms with E-state index in [1.54, 1.807) is 4.90 Å². The molecule has 2 aliphatic rings. The van der Waals surface area contributed by atoms with E-state index >= 15 is 0 Å². The third kappa shape index (κ3) is 5.10. The van der Waals surface area contributed by atoms with Gasteiger partial charge in [-0.3, -0.25) is 4.79 Å². The number of carbonyl (C=O) groups is 2. The fourth-order valence-corrected chi connectivity index (χ4v) is 4.29. The van der Waals surface area contributed by atoms with Crippen LogP contribution in [-0.2, 0) is 4.79 Å². The van der Waals surface area contributed by atoms with E-state index in [4.69, 9.17) is 0 Å². The van der Waals surface area contributed by atoms with E-state index in [2.05, 4.69) is 24.3 Å². The summed E-state index contributed by atoms with van der Waals surface area (Å²) in [7, 11) is 4.16. The van der Waals surface area contributed by atoms with Crippen LogP contribution in [0.25, 0.3) is 0 Å². The third-order valence-corrected chi connectivity index (χ3v) is 5.62. The molecular formula is C18H33N3O3. The number of likely N-dealkylation sites (tertiary alicyclic amines) is 1. The maximum Gasteiger partial charge on any atom is 0.317 e. The Hall–Kier alpha value is -1.30. The van der Waals surface area contributed by atoms with Gasteiger partial charge in [0, 0.05) is 25.7 Å². The Morgan fingerprint density at radius 1 is 1.21 bits per heavy atom. The highest BCUT2D eigenvalue weighted by Gasteiger charge is 2.32. The van der Waals surface area contributed by atoms with Gasteiger partial charge in [-0.15, -0.1) is 0 Å². The van der Waals surface area contributed by atoms with Gasteiger partial charge in [0.15, 0.2) is 0 Å². The van der Waals surface area contributed by atoms with Crippen LogP contribution in [0.3, 0.4) is 0 Å². The van der Waals surface area contributed by atoms with E-state index in [0.717, 1.165) is 0 Å². The number of hydrogen-bond donors (Lipinski definition) is 2. The van der Waals surface area contributed by atoms with Crippen LogP contribution < -0.4 is 5.32 Å². The van der Waals surface area contributed by atoms with Gasteiger partial charge in [-0.2, -0.15) is 0 Å². The van der Waals surface area contributed by atoms with E-state index in [1.807, 2.05) is 6.92 Å². The molecule has 0 aromatic heterocycles. The molecule has 1 aliphatic heterocycles. The monoisotopic (exact) mass is 339 g/mol. The highest BCUT2D eigenvalue weighted by atomic mass is 16.4. The van der Waals surface area contributed by atoms with E-state index in [-0.39, 0.29) is 11.9 Å². The largest absolute Gasteiger partial charge is 0.481 e. The Bertz CT molecular complexity index is 435. The number of aliphatic carboxylic acids is 1. The number of likely N-dealkylation sites (N-methyl/N-ethyl adjacent to an activating group) is 1. The van der Waals surface area contributed by atoms with Gasteiger partial charge in [0.05, 0.1) is 5.92 Å². The molecule has 0 aromatic carbocycles. The number of rotatable bonds is 5. The van der Waals surface area contributed by atoms with Gasteiger partial charge in [0.1, 0.15) is 0 Å². The fourth-order valence-electron chi connectivity index (χ4n) is 4.29. The van der Waals surface area contributed by atoms with Crippen LogP contribution in [0.15, 0.2) is 0 Å². The molecule has 138 valence electrons. The summed E-state index contributed by atoms with van der Waals surface area (Å²) >= 11 is 0. The minimum absolute atomic E-state index is 0.115. The summed E-state index contributed by atoms with van der Waals surface area (Å²) in [5, 5.41) is 12.3. The number of piperidine rings is 1. The summed E-state index contributed by atoms with van der Waals surface area (Å²) in [4.78, 5) is 27.7. The minimum atomic E-state index is -0.798. The van der Waals surface area contributed by atoms with Crippen LogP contribution in [0.5, 0.6) is 0 Å². The predicted octanol–water partition coefficient (Wildman–Crippen LogP) is 2.25. The lowest BCUT2D eigenvalue weighted by Gasteiger charge is -2.37. The number of nitrogens with one attached hydrogen (secondary N) is 1. The van der Waals surface area contributed by atoms with Crippen molar-refractivity contribution >= 4 is 12.0 Å². The van der Waals surface area contributed by atoms with Gasteiger partial charge in [0.2, 0.25) is 0 Å². The molecular weight excluding hydrogens is 306 g/mol. The SMILES string of the molecule is CC1CC(C(=O)O)CN(C(=O)NCC(C2CCCCC2)N(C)C)C1. The first-order valence-electron chi connectivity index (χ1n) is 9.30. The van der Waals surface area contributed by atoms with Crippen LogP contribution in [0.2, 0.25) is 0 Å². The summed E-state index contributed by atoms with van der Waals surface area (Å²) in [6.45, 7) is 3.62. The van der Waals surface area contributed by atoms with Gasteiger partial charge in [-0.05, 0) is 45.2 Å². The summed E-state index contributed by atoms with van der Waals surface area (Å²) in [6.07, 6.45) is 7.02. The first-order chi connectivity index (χ1) is 11.4. The third-order valence-electron chi connectivity index (χ3n) is 5.62. The van der Waals surface area contributed by atoms with Gasteiger partial charge < -0.3 is 20.2 Å². The molecule has 0 aromatic rings. The molecule has 0 bridgehead atoms. The zero-order valence-electron chi connectivity index (χ0n) is 15.3. The van der Waals surface area contributed by atoms with Crippen molar-refractivity contribution < 1.29 is 14.7 Å². The lowest BCUT2D eigenvalue weighted by atomic mass is 9.83. The van der Waals surface area contributed by atoms with E-state index in [0.29, 0.717) is 38.0 Å². The molecule has 2 rings (SSSR count). The minimum Gasteiger partial charge on any atom is -0.481 e. The number of hydrogen-bond acceptors (Lipinski definition) is 3. The zero-order valence-corrected chi connectivity index (χ0v) is 15.3. The molecule has 1 saturated heterocycles. The molecule has 2 amide bonds. The van der Waals surface area contributed by atoms with Crippen molar-refractivity contribution in [3.63, 3.8) is 0 Å². The molecule has 0 spiro atoms. The van der Waals surface area contributed by atoms with Crippen LogP contribution in [0, 0.1) is 17.8 Å². The van der Waals surface area contributed by atoms with E-state index < -0.39 is 11.9 Å². The molecule has 6 heteroatoms. The van der Waals surface area contributed by atoms with E-state index in [1.165, 1.54) is 32.1 Å². The highest BCUT2D eigenvalue weighted by Crippen LogP contribution is 2.28. The standard InChI is InChI=1S/C18H33N3O3/c1-13-9-15(17(22)23)12-21(11-13)18(24)19-10-16(20(2)3)14-7-5-4-6-8-14/h13-16H,4-12H2,1-3H3,(H,19,24)(H,22,23). The Morgan fingerprint density at radius 2 is 1.88 bits per heavy atom. The lowest BCUT2D eigenvalue weighted by Crippen LogP contribution is -2.52. The molecule has 1 saturated carbocycles. The highest BCUT2D eigenvalue weighted by molar-refractivity contribution is 5.76. The summed E-state index contributed by atoms with van der Waals surface area (Å²) in [5.74, 6) is -0.370. The molecule has 3 unspecified atom stereocenters. The molecule has 3 atom stereocenters. The summed E-state index contributed by atoms with van der Waals surface area (Å²) < 4.78 is 0. The number of carboxylic acid groups (broad SMARTS) is 1. The Kier molecular flexibility index (Phi) is 6.90. The zero-order chi connectivity index (χ0) is 17.7. The summed E-state index contributed by atoms with van der Waals surface area (Å²) in [6, 6.07) is 0.238. The van der Waals surface area contributed by atoms with Crippen molar-refractivity contribution in [2.45, 2.75) is 51.5 Å². The molecule has 2 fully saturated rings. The van der Waals surface area contributed by atoms with Crippen LogP contribution in [0.1, 0.15) is 45.4 Å². The van der Waals surface area contributed by atoms with Crippen LogP contribution in [-0.4, -0.2) is 66.7 Å². The second kappa shape index (κ2) is 8.70. The average molecular weight is 339 g/mol. The van der Waals surface area contributed by atoms with Crippen molar-refractivity contribution in [2.75, 3.05) is 33.7 Å². The van der Waals surface area contributed by atoms with Crippen molar-refractivity contribution in [1.82, 2.24) is 15.1 Å². The average Bonchev–Trinajstić information content (AvgIpc) is 2.55. The second-order valence-corrected chi connectivity index (χ2v) is 7.90. The first kappa shape index (κ1) is 19.0. The number of carbonyl (C=O) groups excluding carboxylic acids is 1. The van der Waals surface area contributed by atoms with Crippen molar-refractivity contribution in [2.24, 2.45) is 17.8 Å². The Morgan fingerprint density at radius 3 is 2.46 bits per heavy atom. The van der Waals surface area contributed by atoms with Crippen LogP contribution in [0.4, 0.5) is 4.79 Å². The predicted molar refractivity (Wildman–Crippen MR) is 93.9 cm³/mol. The van der Waals surface area contributed by atoms with Gasteiger partial charge in [-0.25, -0.2) is 4.79 Å². The van der Waals surface area contributed by atoms with Gasteiger partial charge in [-0.1, -0.05) is 26.2 Å². The number of nitrogens with zero attached hydrogens (tertiary/aromatic N) is 2. The summed E-state index contributed by atoms with van der Waals surface area (Å²) in [5.41, 5.74) is 0. The second-order valence-electron chi connectivity index (χ2n) is 7.90. The molecule has 1 heterocycles. The van der Waals surface area contributed by atoms with Crippen molar-refractivity contribution in [1.29, 1.82) is 0 Å². The quantitative estimate of drug-likeness (QED) is 0.806. The maximum atomic E-state index is 12.5. The van der Waals surface area contributed by atoms with Crippen molar-refractivity contribution in [3.8, 4) is 0 Å². The lowest BCUT2D eigenvalue weighted by molar-refractivity contribution is -0.143. The van der Waals surface area contributed by atoms with E-state index in [9.17, 15) is 14.7 Å². The Balaban J connectivity index is 1.88. The van der Waals surface area contributed by atoms with Crippen LogP contribution >= 0.6 is 0 Å². The van der Waals surface area contributed by atoms with Crippen molar-refractivity contribution in [3.05, 3.63) is 0 Å². The molecule has 6 nitrogen and oxygen atoms in total. The molecule has 1 aliphatic carbocycles. The number of carboxylic acids is 1. The topological polar surface area (TPSA) is 72.9 Å². The molecule has 24 heavy (non-hydrogen) atoms. The molecule has 0 radical (unpaired) electrons. The first-order valence-corrected chi connectivity index (χ1v) is 9.30. The maximum absolute atomic E-state index is 12.5. The van der Waals surface area contributed by atoms with Gasteiger partial charge >= 0.3 is 12.0 Å². The fraction of sp³-hybridized carbons (Fsp3) is 0.889. The Labute approximate surface area is 145 Å². The normalized spacial score (nSPS) is 27.1. The molecule has 2 N–H and O–H groups in total.